The van der Waals surface area contributed by atoms with Crippen molar-refractivity contribution in [2.24, 2.45) is 0 Å². The minimum Gasteiger partial charge on any atom is -0.466 e. The molecule has 0 aliphatic rings. The average Bonchev–Trinajstić information content (AvgIpc) is 2.35. The molecule has 2 nitrogen and oxygen atoms in total. The van der Waals surface area contributed by atoms with Crippen molar-refractivity contribution in [1.29, 1.82) is 0 Å². The van der Waals surface area contributed by atoms with Crippen LogP contribution in [-0.4, -0.2) is 12.6 Å². The maximum atomic E-state index is 11.1. The monoisotopic (exact) mass is 232 g/mol. The third-order valence-corrected chi connectivity index (χ3v) is 2.42. The summed E-state index contributed by atoms with van der Waals surface area (Å²) in [5, 5.41) is 0. The predicted molar refractivity (Wildman–Crippen MR) is 70.6 cm³/mol. The lowest BCUT2D eigenvalue weighted by atomic mass is 10.1. The van der Waals surface area contributed by atoms with E-state index in [0.29, 0.717) is 13.0 Å². The van der Waals surface area contributed by atoms with Crippen molar-refractivity contribution in [3.8, 4) is 0 Å². The molecule has 0 N–H and O–H groups in total. The predicted octanol–water partition coefficient (Wildman–Crippen LogP) is 3.82. The van der Waals surface area contributed by atoms with E-state index in [-0.39, 0.29) is 5.97 Å². The number of rotatable bonds is 7. The smallest absolute Gasteiger partial charge is 0.305 e. The van der Waals surface area contributed by atoms with E-state index in [1.807, 2.05) is 25.1 Å². The molecule has 0 heterocycles. The first-order valence-electron chi connectivity index (χ1n) is 6.20. The fourth-order valence-electron chi connectivity index (χ4n) is 1.55. The maximum Gasteiger partial charge on any atom is 0.305 e. The molecule has 2 heteroatoms. The molecule has 0 bridgehead atoms. The molecule has 0 aromatic heterocycles. The molecule has 17 heavy (non-hydrogen) atoms. The molecule has 92 valence electrons. The second-order valence-electron chi connectivity index (χ2n) is 3.86. The van der Waals surface area contributed by atoms with Gasteiger partial charge in [0.05, 0.1) is 6.61 Å². The van der Waals surface area contributed by atoms with Crippen molar-refractivity contribution >= 4 is 12.0 Å². The van der Waals surface area contributed by atoms with E-state index in [2.05, 4.69) is 24.3 Å². The fraction of sp³-hybridized carbons (Fsp3) is 0.400. The lowest BCUT2D eigenvalue weighted by molar-refractivity contribution is -0.143. The van der Waals surface area contributed by atoms with Crippen LogP contribution in [0.4, 0.5) is 0 Å². The summed E-state index contributed by atoms with van der Waals surface area (Å²) in [5.41, 5.74) is 1.22. The number of unbranched alkanes of at least 4 members (excludes halogenated alkanes) is 2. The zero-order valence-corrected chi connectivity index (χ0v) is 10.4. The van der Waals surface area contributed by atoms with Crippen LogP contribution in [0.1, 0.15) is 38.2 Å². The third-order valence-electron chi connectivity index (χ3n) is 2.42. The van der Waals surface area contributed by atoms with E-state index in [1.165, 1.54) is 5.56 Å². The van der Waals surface area contributed by atoms with Crippen molar-refractivity contribution in [2.75, 3.05) is 6.61 Å². The topological polar surface area (TPSA) is 26.3 Å². The first-order chi connectivity index (χ1) is 8.33. The number of carbonyl (C=O) groups excluding carboxylic acids is 1. The highest BCUT2D eigenvalue weighted by atomic mass is 16.5. The summed E-state index contributed by atoms with van der Waals surface area (Å²) < 4.78 is 4.86. The summed E-state index contributed by atoms with van der Waals surface area (Å²) in [6.45, 7) is 2.31. The molecular weight excluding hydrogens is 212 g/mol. The van der Waals surface area contributed by atoms with Gasteiger partial charge in [0.15, 0.2) is 0 Å². The Morgan fingerprint density at radius 1 is 1.24 bits per heavy atom. The van der Waals surface area contributed by atoms with Gasteiger partial charge in [-0.1, -0.05) is 42.5 Å². The van der Waals surface area contributed by atoms with Gasteiger partial charge in [-0.25, -0.2) is 0 Å². The van der Waals surface area contributed by atoms with Crippen LogP contribution in [0.25, 0.3) is 6.08 Å². The van der Waals surface area contributed by atoms with Gasteiger partial charge in [-0.05, 0) is 31.7 Å². The highest BCUT2D eigenvalue weighted by molar-refractivity contribution is 5.69. The highest BCUT2D eigenvalue weighted by Gasteiger charge is 1.99. The molecule has 0 amide bonds. The Morgan fingerprint density at radius 2 is 2.00 bits per heavy atom. The molecule has 0 radical (unpaired) electrons. The summed E-state index contributed by atoms with van der Waals surface area (Å²) in [6.07, 6.45) is 7.74. The summed E-state index contributed by atoms with van der Waals surface area (Å²) >= 11 is 0. The van der Waals surface area contributed by atoms with Gasteiger partial charge < -0.3 is 4.74 Å². The Kier molecular flexibility index (Phi) is 6.80. The first kappa shape index (κ1) is 13.5. The second kappa shape index (κ2) is 8.57. The second-order valence-corrected chi connectivity index (χ2v) is 3.86. The summed E-state index contributed by atoms with van der Waals surface area (Å²) in [4.78, 5) is 11.1. The van der Waals surface area contributed by atoms with Crippen LogP contribution in [-0.2, 0) is 9.53 Å². The molecule has 1 aromatic rings. The van der Waals surface area contributed by atoms with Gasteiger partial charge >= 0.3 is 5.97 Å². The van der Waals surface area contributed by atoms with Crippen LogP contribution in [0.3, 0.4) is 0 Å². The van der Waals surface area contributed by atoms with Gasteiger partial charge in [0.25, 0.3) is 0 Å². The number of esters is 1. The lowest BCUT2D eigenvalue weighted by Crippen LogP contribution is -2.02. The molecule has 0 saturated heterocycles. The molecule has 0 aliphatic carbocycles. The quantitative estimate of drug-likeness (QED) is 0.527. The van der Waals surface area contributed by atoms with Crippen molar-refractivity contribution < 1.29 is 9.53 Å². The maximum absolute atomic E-state index is 11.1. The van der Waals surface area contributed by atoms with Crippen LogP contribution in [0.15, 0.2) is 36.4 Å². The summed E-state index contributed by atoms with van der Waals surface area (Å²) in [6, 6.07) is 10.2. The molecule has 0 aliphatic heterocycles. The van der Waals surface area contributed by atoms with E-state index < -0.39 is 0 Å². The SMILES string of the molecule is CCOC(=O)CCCC/C=C/c1ccccc1. The van der Waals surface area contributed by atoms with E-state index in [1.54, 1.807) is 0 Å². The Morgan fingerprint density at radius 3 is 2.71 bits per heavy atom. The van der Waals surface area contributed by atoms with Crippen molar-refractivity contribution in [1.82, 2.24) is 0 Å². The zero-order chi connectivity index (χ0) is 12.3. The van der Waals surface area contributed by atoms with Crippen molar-refractivity contribution in [2.45, 2.75) is 32.6 Å². The average molecular weight is 232 g/mol. The Labute approximate surface area is 103 Å². The van der Waals surface area contributed by atoms with Gasteiger partial charge in [0, 0.05) is 6.42 Å². The number of hydrogen-bond acceptors (Lipinski definition) is 2. The van der Waals surface area contributed by atoms with E-state index in [4.69, 9.17) is 4.74 Å². The van der Waals surface area contributed by atoms with E-state index in [0.717, 1.165) is 19.3 Å². The molecule has 0 fully saturated rings. The van der Waals surface area contributed by atoms with Gasteiger partial charge in [0.1, 0.15) is 0 Å². The fourth-order valence-corrected chi connectivity index (χ4v) is 1.55. The van der Waals surface area contributed by atoms with Crippen molar-refractivity contribution in [3.63, 3.8) is 0 Å². The molecule has 0 unspecified atom stereocenters. The standard InChI is InChI=1S/C15H20O2/c1-2-17-15(16)13-9-4-3-6-10-14-11-7-5-8-12-14/h5-8,10-12H,2-4,9,13H2,1H3/b10-6+. The van der Waals surface area contributed by atoms with Crippen LogP contribution in [0, 0.1) is 0 Å². The number of hydrogen-bond donors (Lipinski definition) is 0. The Balaban J connectivity index is 2.08. The molecule has 1 aromatic carbocycles. The van der Waals surface area contributed by atoms with Gasteiger partial charge in [0.2, 0.25) is 0 Å². The molecule has 0 atom stereocenters. The minimum atomic E-state index is -0.0838. The number of carbonyl (C=O) groups is 1. The number of benzene rings is 1. The Bertz CT molecular complexity index is 341. The van der Waals surface area contributed by atoms with Crippen LogP contribution < -0.4 is 0 Å². The molecule has 0 spiro atoms. The molecule has 0 saturated carbocycles. The number of allylic oxidation sites excluding steroid dienone is 1. The normalized spacial score (nSPS) is 10.6. The zero-order valence-electron chi connectivity index (χ0n) is 10.4. The highest BCUT2D eigenvalue weighted by Crippen LogP contribution is 2.06. The molecule has 1 rings (SSSR count). The number of ether oxygens (including phenoxy) is 1. The van der Waals surface area contributed by atoms with Crippen molar-refractivity contribution in [3.05, 3.63) is 42.0 Å². The van der Waals surface area contributed by atoms with Gasteiger partial charge in [-0.2, -0.15) is 0 Å². The lowest BCUT2D eigenvalue weighted by Gasteiger charge is -2.00. The van der Waals surface area contributed by atoms with Crippen LogP contribution in [0.2, 0.25) is 0 Å². The Hall–Kier alpha value is -1.57. The summed E-state index contributed by atoms with van der Waals surface area (Å²) in [5.74, 6) is -0.0838. The van der Waals surface area contributed by atoms with Crippen LogP contribution >= 0.6 is 0 Å². The largest absolute Gasteiger partial charge is 0.466 e. The van der Waals surface area contributed by atoms with E-state index >= 15 is 0 Å². The minimum absolute atomic E-state index is 0.0838. The van der Waals surface area contributed by atoms with E-state index in [9.17, 15) is 4.79 Å². The summed E-state index contributed by atoms with van der Waals surface area (Å²) in [7, 11) is 0. The van der Waals surface area contributed by atoms with Gasteiger partial charge in [-0.15, -0.1) is 0 Å². The van der Waals surface area contributed by atoms with Gasteiger partial charge in [-0.3, -0.25) is 4.79 Å². The third kappa shape index (κ3) is 6.56. The molecular formula is C15H20O2. The first-order valence-corrected chi connectivity index (χ1v) is 6.20. The van der Waals surface area contributed by atoms with Crippen LogP contribution in [0.5, 0.6) is 0 Å².